The number of carbonyl (C=O) groups is 2. The highest BCUT2D eigenvalue weighted by Crippen LogP contribution is 2.19. The lowest BCUT2D eigenvalue weighted by Gasteiger charge is -2.14. The minimum Gasteiger partial charge on any atom is -0.361 e. The van der Waals surface area contributed by atoms with Crippen LogP contribution >= 0.6 is 0 Å². The number of nitrogens with one attached hydrogen (secondary N) is 2. The molecule has 3 aromatic carbocycles. The van der Waals surface area contributed by atoms with E-state index in [9.17, 15) is 9.59 Å². The maximum atomic E-state index is 13.1. The molecule has 1 aromatic heterocycles. The van der Waals surface area contributed by atoms with Gasteiger partial charge in [0.05, 0.1) is 6.04 Å². The van der Waals surface area contributed by atoms with Crippen molar-refractivity contribution < 1.29 is 9.59 Å². The zero-order valence-corrected chi connectivity index (χ0v) is 19.5. The number of aromatic nitrogens is 1. The van der Waals surface area contributed by atoms with Gasteiger partial charge >= 0.3 is 0 Å². The van der Waals surface area contributed by atoms with Gasteiger partial charge in [-0.15, -0.1) is 0 Å². The monoisotopic (exact) mass is 451 g/mol. The van der Waals surface area contributed by atoms with E-state index in [4.69, 9.17) is 0 Å². The predicted octanol–water partition coefficient (Wildman–Crippen LogP) is 4.94. The quantitative estimate of drug-likeness (QED) is 0.280. The molecule has 34 heavy (non-hydrogen) atoms. The van der Waals surface area contributed by atoms with Crippen molar-refractivity contribution in [3.63, 3.8) is 0 Å². The van der Waals surface area contributed by atoms with E-state index in [-0.39, 0.29) is 5.91 Å². The highest BCUT2D eigenvalue weighted by atomic mass is 16.2. The molecule has 0 saturated carbocycles. The number of fused-ring (bicyclic) bond motifs is 1. The number of para-hydroxylation sites is 1. The first-order valence-corrected chi connectivity index (χ1v) is 11.4. The van der Waals surface area contributed by atoms with Crippen LogP contribution in [0, 0.1) is 0 Å². The third-order valence-corrected chi connectivity index (χ3v) is 5.73. The van der Waals surface area contributed by atoms with E-state index in [1.54, 1.807) is 6.07 Å². The Kier molecular flexibility index (Phi) is 7.35. The molecule has 0 aliphatic carbocycles. The van der Waals surface area contributed by atoms with Crippen LogP contribution in [0.3, 0.4) is 0 Å². The van der Waals surface area contributed by atoms with Crippen LogP contribution in [0.4, 0.5) is 0 Å². The van der Waals surface area contributed by atoms with Crippen LogP contribution in [-0.4, -0.2) is 42.2 Å². The average molecular weight is 452 g/mol. The number of rotatable bonds is 9. The van der Waals surface area contributed by atoms with Crippen LogP contribution in [0.25, 0.3) is 23.1 Å². The molecule has 1 amide bonds. The van der Waals surface area contributed by atoms with E-state index in [1.165, 1.54) is 5.56 Å². The molecule has 1 atom stereocenters. The summed E-state index contributed by atoms with van der Waals surface area (Å²) >= 11 is 0. The summed E-state index contributed by atoms with van der Waals surface area (Å²) in [5.41, 5.74) is 5.65. The minimum atomic E-state index is -0.618. The van der Waals surface area contributed by atoms with Crippen molar-refractivity contribution in [2.24, 2.45) is 0 Å². The molecule has 0 radical (unpaired) electrons. The zero-order valence-electron chi connectivity index (χ0n) is 19.5. The van der Waals surface area contributed by atoms with E-state index < -0.39 is 6.04 Å². The first-order valence-electron chi connectivity index (χ1n) is 11.4. The largest absolute Gasteiger partial charge is 0.361 e. The molecule has 4 aromatic rings. The van der Waals surface area contributed by atoms with Crippen LogP contribution in [0.15, 0.2) is 79.0 Å². The molecule has 4 rings (SSSR count). The first-order chi connectivity index (χ1) is 16.5. The molecule has 0 spiro atoms. The number of hydrogen-bond donors (Lipinski definition) is 2. The van der Waals surface area contributed by atoms with Gasteiger partial charge in [0.25, 0.3) is 5.91 Å². The van der Waals surface area contributed by atoms with Gasteiger partial charge in [0.15, 0.2) is 0 Å². The van der Waals surface area contributed by atoms with Gasteiger partial charge in [0, 0.05) is 35.6 Å². The standard InChI is InChI=1S/C29H29N3O2/c1-32(2)19-22-13-11-21(12-14-22)15-16-23-7-3-4-9-27(23)29(34)31-25(20-33)17-24-18-30-28-10-6-5-8-26(24)28/h3-16,18,20,25,30H,17,19H2,1-2H3,(H,31,34)/b16-15+. The maximum Gasteiger partial charge on any atom is 0.252 e. The van der Waals surface area contributed by atoms with Crippen molar-refractivity contribution in [2.75, 3.05) is 14.1 Å². The molecule has 0 fully saturated rings. The van der Waals surface area contributed by atoms with Crippen molar-refractivity contribution in [1.82, 2.24) is 15.2 Å². The maximum absolute atomic E-state index is 13.1. The molecule has 1 unspecified atom stereocenters. The van der Waals surface area contributed by atoms with Gasteiger partial charge in [0.2, 0.25) is 0 Å². The summed E-state index contributed by atoms with van der Waals surface area (Å²) in [4.78, 5) is 30.2. The van der Waals surface area contributed by atoms with Crippen LogP contribution in [0.2, 0.25) is 0 Å². The summed E-state index contributed by atoms with van der Waals surface area (Å²) in [5, 5.41) is 3.95. The second-order valence-corrected chi connectivity index (χ2v) is 8.68. The molecule has 172 valence electrons. The van der Waals surface area contributed by atoms with Gasteiger partial charge in [-0.3, -0.25) is 4.79 Å². The molecule has 2 N–H and O–H groups in total. The van der Waals surface area contributed by atoms with Gasteiger partial charge in [-0.2, -0.15) is 0 Å². The van der Waals surface area contributed by atoms with Crippen molar-refractivity contribution in [1.29, 1.82) is 0 Å². The van der Waals surface area contributed by atoms with E-state index in [0.29, 0.717) is 12.0 Å². The number of hydrogen-bond acceptors (Lipinski definition) is 3. The Labute approximate surface area is 200 Å². The van der Waals surface area contributed by atoms with E-state index in [1.807, 2.05) is 74.9 Å². The number of aldehydes is 1. The smallest absolute Gasteiger partial charge is 0.252 e. The van der Waals surface area contributed by atoms with Crippen LogP contribution in [0.1, 0.15) is 32.6 Å². The second kappa shape index (κ2) is 10.8. The Bertz CT molecular complexity index is 1300. The third-order valence-electron chi connectivity index (χ3n) is 5.73. The van der Waals surface area contributed by atoms with E-state index >= 15 is 0 Å². The Morgan fingerprint density at radius 1 is 0.971 bits per heavy atom. The Morgan fingerprint density at radius 3 is 2.47 bits per heavy atom. The second-order valence-electron chi connectivity index (χ2n) is 8.68. The minimum absolute atomic E-state index is 0.265. The predicted molar refractivity (Wildman–Crippen MR) is 139 cm³/mol. The topological polar surface area (TPSA) is 65.2 Å². The number of amides is 1. The van der Waals surface area contributed by atoms with Crippen molar-refractivity contribution in [2.45, 2.75) is 19.0 Å². The molecule has 0 aliphatic heterocycles. The number of H-pyrrole nitrogens is 1. The molecular weight excluding hydrogens is 422 g/mol. The van der Waals surface area contributed by atoms with Crippen LogP contribution in [-0.2, 0) is 17.8 Å². The molecule has 0 aliphatic rings. The highest BCUT2D eigenvalue weighted by molar-refractivity contribution is 5.99. The first kappa shape index (κ1) is 23.2. The normalized spacial score (nSPS) is 12.3. The summed E-state index contributed by atoms with van der Waals surface area (Å²) < 4.78 is 0. The lowest BCUT2D eigenvalue weighted by atomic mass is 10.0. The van der Waals surface area contributed by atoms with Crippen LogP contribution in [0.5, 0.6) is 0 Å². The fraction of sp³-hybridized carbons (Fsp3) is 0.172. The third kappa shape index (κ3) is 5.69. The number of nitrogens with zero attached hydrogens (tertiary/aromatic N) is 1. The van der Waals surface area contributed by atoms with E-state index in [2.05, 4.69) is 39.5 Å². The van der Waals surface area contributed by atoms with Crippen molar-refractivity contribution >= 4 is 35.2 Å². The number of aromatic amines is 1. The molecule has 0 bridgehead atoms. The van der Waals surface area contributed by atoms with Gasteiger partial charge in [0.1, 0.15) is 6.29 Å². The lowest BCUT2D eigenvalue weighted by molar-refractivity contribution is -0.109. The summed E-state index contributed by atoms with van der Waals surface area (Å²) in [5.74, 6) is -0.265. The molecule has 5 nitrogen and oxygen atoms in total. The van der Waals surface area contributed by atoms with Crippen molar-refractivity contribution in [3.05, 3.63) is 107 Å². The highest BCUT2D eigenvalue weighted by Gasteiger charge is 2.17. The van der Waals surface area contributed by atoms with Gasteiger partial charge in [-0.05, 0) is 48.5 Å². The average Bonchev–Trinajstić information content (AvgIpc) is 3.25. The van der Waals surface area contributed by atoms with E-state index in [0.717, 1.165) is 40.4 Å². The number of carbonyl (C=O) groups excluding carboxylic acids is 2. The summed E-state index contributed by atoms with van der Waals surface area (Å²) in [7, 11) is 4.09. The Balaban J connectivity index is 1.47. The summed E-state index contributed by atoms with van der Waals surface area (Å²) in [6.07, 6.45) is 7.05. The van der Waals surface area contributed by atoms with Crippen molar-refractivity contribution in [3.8, 4) is 0 Å². The molecule has 0 saturated heterocycles. The number of benzene rings is 3. The molecular formula is C29H29N3O2. The van der Waals surface area contributed by atoms with Gasteiger partial charge in [-0.1, -0.05) is 72.8 Å². The van der Waals surface area contributed by atoms with Gasteiger partial charge in [-0.25, -0.2) is 0 Å². The molecule has 5 heteroatoms. The summed E-state index contributed by atoms with van der Waals surface area (Å²) in [6, 6.07) is 23.1. The lowest BCUT2D eigenvalue weighted by Crippen LogP contribution is -2.37. The van der Waals surface area contributed by atoms with Gasteiger partial charge < -0.3 is 20.0 Å². The summed E-state index contributed by atoms with van der Waals surface area (Å²) in [6.45, 7) is 0.892. The fourth-order valence-corrected chi connectivity index (χ4v) is 4.05. The van der Waals surface area contributed by atoms with Crippen LogP contribution < -0.4 is 5.32 Å². The Hall–Kier alpha value is -3.96. The zero-order chi connectivity index (χ0) is 23.9. The Morgan fingerprint density at radius 2 is 1.71 bits per heavy atom. The molecule has 1 heterocycles. The fourth-order valence-electron chi connectivity index (χ4n) is 4.05. The SMILES string of the molecule is CN(C)Cc1ccc(/C=C/c2ccccc2C(=O)NC(C=O)Cc2c[nH]c3ccccc23)cc1.